The van der Waals surface area contributed by atoms with Crippen molar-refractivity contribution in [2.24, 2.45) is 4.99 Å². The van der Waals surface area contributed by atoms with Crippen molar-refractivity contribution in [1.82, 2.24) is 4.90 Å². The van der Waals surface area contributed by atoms with Crippen molar-refractivity contribution in [2.75, 3.05) is 12.9 Å². The highest BCUT2D eigenvalue weighted by molar-refractivity contribution is 8.14. The number of hydrogen-bond acceptors (Lipinski definition) is 6. The second kappa shape index (κ2) is 8.75. The summed E-state index contributed by atoms with van der Waals surface area (Å²) < 4.78 is 10.9. The molecule has 0 spiro atoms. The number of amides is 1. The first-order valence-corrected chi connectivity index (χ1v) is 10.7. The molecule has 1 fully saturated rings. The first-order valence-electron chi connectivity index (χ1n) is 9.68. The summed E-state index contributed by atoms with van der Waals surface area (Å²) in [6.07, 6.45) is 0.409. The Morgan fingerprint density at radius 2 is 1.90 bits per heavy atom. The number of thioether (sulfide) groups is 1. The Morgan fingerprint density at radius 3 is 2.60 bits per heavy atom. The second-order valence-corrected chi connectivity index (χ2v) is 8.06. The van der Waals surface area contributed by atoms with Crippen molar-refractivity contribution in [1.29, 1.82) is 0 Å². The van der Waals surface area contributed by atoms with Crippen LogP contribution in [-0.2, 0) is 20.9 Å². The zero-order chi connectivity index (χ0) is 21.1. The van der Waals surface area contributed by atoms with Crippen LogP contribution in [0.5, 0.6) is 5.75 Å². The number of carbonyl (C=O) groups is 2. The lowest BCUT2D eigenvalue weighted by Crippen LogP contribution is -2.45. The van der Waals surface area contributed by atoms with Crippen molar-refractivity contribution in [3.63, 3.8) is 0 Å². The predicted molar refractivity (Wildman–Crippen MR) is 116 cm³/mol. The van der Waals surface area contributed by atoms with Crippen LogP contribution in [0.15, 0.2) is 70.9 Å². The molecule has 2 aromatic carbocycles. The smallest absolute Gasteiger partial charge is 0.338 e. The average Bonchev–Trinajstić information content (AvgIpc) is 2.77. The molecule has 0 saturated carbocycles. The number of carbonyl (C=O) groups excluding carboxylic acids is 2. The van der Waals surface area contributed by atoms with E-state index in [0.29, 0.717) is 41.0 Å². The van der Waals surface area contributed by atoms with E-state index >= 15 is 0 Å². The lowest BCUT2D eigenvalue weighted by Gasteiger charge is -2.38. The fourth-order valence-corrected chi connectivity index (χ4v) is 4.58. The standard InChI is InChI=1S/C23H22N2O4S/c1-15-20(22(27)28-2)21(25-19(26)12-13-30-23(25)24-15)17-8-10-18(11-9-17)29-14-16-6-4-3-5-7-16/h3-11,21H,12-14H2,1-2H3. The lowest BCUT2D eigenvalue weighted by atomic mass is 9.94. The van der Waals surface area contributed by atoms with Gasteiger partial charge >= 0.3 is 5.97 Å². The zero-order valence-corrected chi connectivity index (χ0v) is 17.6. The summed E-state index contributed by atoms with van der Waals surface area (Å²) in [6.45, 7) is 2.24. The Bertz CT molecular complexity index is 1020. The fourth-order valence-electron chi connectivity index (χ4n) is 3.57. The van der Waals surface area contributed by atoms with E-state index in [1.165, 1.54) is 18.9 Å². The maximum absolute atomic E-state index is 12.7. The van der Waals surface area contributed by atoms with E-state index in [0.717, 1.165) is 11.1 Å². The summed E-state index contributed by atoms with van der Waals surface area (Å²) in [5.41, 5.74) is 2.85. The SMILES string of the molecule is COC(=O)C1=C(C)N=C2SCCC(=O)N2C1c1ccc(OCc2ccccc2)cc1. The molecular formula is C23H22N2O4S. The zero-order valence-electron chi connectivity index (χ0n) is 16.8. The normalized spacial score (nSPS) is 18.6. The van der Waals surface area contributed by atoms with Crippen molar-refractivity contribution >= 4 is 28.8 Å². The Kier molecular flexibility index (Phi) is 5.90. The third-order valence-corrected chi connectivity index (χ3v) is 6.01. The van der Waals surface area contributed by atoms with Gasteiger partial charge in [-0.15, -0.1) is 0 Å². The molecule has 0 radical (unpaired) electrons. The molecule has 0 aromatic heterocycles. The van der Waals surface area contributed by atoms with Crippen molar-refractivity contribution in [2.45, 2.75) is 26.0 Å². The molecule has 0 aliphatic carbocycles. The van der Waals surface area contributed by atoms with Gasteiger partial charge in [-0.2, -0.15) is 0 Å². The molecule has 2 heterocycles. The molecule has 1 saturated heterocycles. The molecule has 1 amide bonds. The van der Waals surface area contributed by atoms with Crippen LogP contribution in [0.2, 0.25) is 0 Å². The van der Waals surface area contributed by atoms with Gasteiger partial charge in [-0.1, -0.05) is 54.2 Å². The highest BCUT2D eigenvalue weighted by atomic mass is 32.2. The molecule has 2 aliphatic heterocycles. The number of benzene rings is 2. The summed E-state index contributed by atoms with van der Waals surface area (Å²) in [6, 6.07) is 16.8. The Labute approximate surface area is 179 Å². The number of amidine groups is 1. The Balaban J connectivity index is 1.63. The molecule has 4 rings (SSSR count). The molecule has 1 unspecified atom stereocenters. The van der Waals surface area contributed by atoms with Crippen LogP contribution in [0.25, 0.3) is 0 Å². The van der Waals surface area contributed by atoms with Gasteiger partial charge in [0.15, 0.2) is 5.17 Å². The number of rotatable bonds is 5. The van der Waals surface area contributed by atoms with Gasteiger partial charge in [-0.05, 0) is 30.2 Å². The van der Waals surface area contributed by atoms with E-state index in [9.17, 15) is 9.59 Å². The largest absolute Gasteiger partial charge is 0.489 e. The Morgan fingerprint density at radius 1 is 1.17 bits per heavy atom. The van der Waals surface area contributed by atoms with Gasteiger partial charge in [0.05, 0.1) is 24.4 Å². The first-order chi connectivity index (χ1) is 14.6. The van der Waals surface area contributed by atoms with Crippen LogP contribution in [0.3, 0.4) is 0 Å². The van der Waals surface area contributed by atoms with Gasteiger partial charge in [-0.25, -0.2) is 9.79 Å². The minimum atomic E-state index is -0.562. The van der Waals surface area contributed by atoms with Gasteiger partial charge < -0.3 is 9.47 Å². The maximum Gasteiger partial charge on any atom is 0.338 e. The van der Waals surface area contributed by atoms with Crippen molar-refractivity contribution < 1.29 is 19.1 Å². The van der Waals surface area contributed by atoms with Crippen LogP contribution in [-0.4, -0.2) is 34.8 Å². The van der Waals surface area contributed by atoms with Crippen LogP contribution in [0.4, 0.5) is 0 Å². The summed E-state index contributed by atoms with van der Waals surface area (Å²) in [5, 5.41) is 0.630. The molecule has 2 aliphatic rings. The highest BCUT2D eigenvalue weighted by Crippen LogP contribution is 2.40. The van der Waals surface area contributed by atoms with Crippen LogP contribution in [0, 0.1) is 0 Å². The van der Waals surface area contributed by atoms with Gasteiger partial charge in [0.1, 0.15) is 12.4 Å². The van der Waals surface area contributed by atoms with Crippen molar-refractivity contribution in [3.8, 4) is 5.75 Å². The van der Waals surface area contributed by atoms with Gasteiger partial charge in [0.2, 0.25) is 5.91 Å². The van der Waals surface area contributed by atoms with Crippen LogP contribution >= 0.6 is 11.8 Å². The summed E-state index contributed by atoms with van der Waals surface area (Å²) in [5.74, 6) is 0.879. The molecule has 0 bridgehead atoms. The van der Waals surface area contributed by atoms with E-state index in [1.807, 2.05) is 54.6 Å². The molecule has 6 nitrogen and oxygen atoms in total. The van der Waals surface area contributed by atoms with Gasteiger partial charge in [-0.3, -0.25) is 9.69 Å². The van der Waals surface area contributed by atoms with E-state index in [4.69, 9.17) is 9.47 Å². The fraction of sp³-hybridized carbons (Fsp3) is 0.261. The number of fused-ring (bicyclic) bond motifs is 1. The molecule has 0 N–H and O–H groups in total. The van der Waals surface area contributed by atoms with Crippen molar-refractivity contribution in [3.05, 3.63) is 77.0 Å². The molecule has 7 heteroatoms. The van der Waals surface area contributed by atoms with E-state index < -0.39 is 12.0 Å². The lowest BCUT2D eigenvalue weighted by molar-refractivity contribution is -0.137. The third-order valence-electron chi connectivity index (χ3n) is 5.06. The quantitative estimate of drug-likeness (QED) is 0.679. The first kappa shape index (κ1) is 20.2. The highest BCUT2D eigenvalue weighted by Gasteiger charge is 2.41. The minimum absolute atomic E-state index is 0.0455. The van der Waals surface area contributed by atoms with Crippen LogP contribution in [0.1, 0.15) is 30.5 Å². The topological polar surface area (TPSA) is 68.2 Å². The number of allylic oxidation sites excluding steroid dienone is 1. The average molecular weight is 423 g/mol. The van der Waals surface area contributed by atoms with Crippen LogP contribution < -0.4 is 4.74 Å². The third kappa shape index (κ3) is 3.98. The number of hydrogen-bond donors (Lipinski definition) is 0. The molecular weight excluding hydrogens is 400 g/mol. The van der Waals surface area contributed by atoms with E-state index in [2.05, 4.69) is 4.99 Å². The molecule has 30 heavy (non-hydrogen) atoms. The molecule has 1 atom stereocenters. The molecule has 2 aromatic rings. The Hall–Kier alpha value is -3.06. The monoisotopic (exact) mass is 422 g/mol. The predicted octanol–water partition coefficient (Wildman–Crippen LogP) is 4.09. The van der Waals surface area contributed by atoms with E-state index in [1.54, 1.807) is 11.8 Å². The minimum Gasteiger partial charge on any atom is -0.489 e. The maximum atomic E-state index is 12.7. The number of aliphatic imine (C=N–C) groups is 1. The molecule has 154 valence electrons. The number of esters is 1. The van der Waals surface area contributed by atoms with Gasteiger partial charge in [0, 0.05) is 12.2 Å². The second-order valence-electron chi connectivity index (χ2n) is 6.99. The summed E-state index contributed by atoms with van der Waals surface area (Å²) in [4.78, 5) is 31.4. The number of ether oxygens (including phenoxy) is 2. The number of nitrogens with zero attached hydrogens (tertiary/aromatic N) is 2. The van der Waals surface area contributed by atoms with Gasteiger partial charge in [0.25, 0.3) is 0 Å². The summed E-state index contributed by atoms with van der Waals surface area (Å²) in [7, 11) is 1.34. The number of methoxy groups -OCH3 is 1. The van der Waals surface area contributed by atoms with E-state index in [-0.39, 0.29) is 5.91 Å². The summed E-state index contributed by atoms with van der Waals surface area (Å²) >= 11 is 1.53.